The summed E-state index contributed by atoms with van der Waals surface area (Å²) in [6.07, 6.45) is -0.369. The molecule has 0 saturated carbocycles. The third kappa shape index (κ3) is 5.77. The van der Waals surface area contributed by atoms with Crippen LogP contribution in [0.2, 0.25) is 0 Å². The molecular weight excluding hydrogens is 375 g/mol. The first-order valence-electron chi connectivity index (χ1n) is 9.47. The molecule has 1 unspecified atom stereocenters. The first kappa shape index (κ1) is 20.8. The third-order valence-electron chi connectivity index (χ3n) is 4.88. The van der Waals surface area contributed by atoms with Gasteiger partial charge in [-0.25, -0.2) is 4.39 Å². The summed E-state index contributed by atoms with van der Waals surface area (Å²) in [5.74, 6) is 0.112. The zero-order chi connectivity index (χ0) is 20.8. The van der Waals surface area contributed by atoms with E-state index in [2.05, 4.69) is 0 Å². The molecule has 1 aliphatic heterocycles. The van der Waals surface area contributed by atoms with Crippen molar-refractivity contribution in [3.05, 3.63) is 65.5 Å². The van der Waals surface area contributed by atoms with E-state index in [1.54, 1.807) is 24.1 Å². The van der Waals surface area contributed by atoms with Gasteiger partial charge in [-0.05, 0) is 35.4 Å². The van der Waals surface area contributed by atoms with Crippen LogP contribution in [0.5, 0.6) is 5.75 Å². The smallest absolute Gasteiger partial charge is 0.242 e. The maximum absolute atomic E-state index is 13.4. The summed E-state index contributed by atoms with van der Waals surface area (Å²) < 4.78 is 24.5. The summed E-state index contributed by atoms with van der Waals surface area (Å²) in [7, 11) is 1.60. The van der Waals surface area contributed by atoms with E-state index < -0.39 is 0 Å². The van der Waals surface area contributed by atoms with Gasteiger partial charge < -0.3 is 19.3 Å². The average molecular weight is 400 g/mol. The number of ether oxygens (including phenoxy) is 2. The molecule has 154 valence electrons. The largest absolute Gasteiger partial charge is 0.497 e. The van der Waals surface area contributed by atoms with Crippen LogP contribution in [0.3, 0.4) is 0 Å². The number of carbonyl (C=O) groups is 2. The average Bonchev–Trinajstić information content (AvgIpc) is 2.86. The summed E-state index contributed by atoms with van der Waals surface area (Å²) in [5, 5.41) is 0. The van der Waals surface area contributed by atoms with Gasteiger partial charge >= 0.3 is 0 Å². The summed E-state index contributed by atoms with van der Waals surface area (Å²) in [5.41, 5.74) is 1.66. The van der Waals surface area contributed by atoms with Crippen LogP contribution in [0, 0.1) is 5.82 Å². The van der Waals surface area contributed by atoms with E-state index in [9.17, 15) is 14.0 Å². The lowest BCUT2D eigenvalue weighted by molar-refractivity contribution is -0.137. The monoisotopic (exact) mass is 400 g/mol. The van der Waals surface area contributed by atoms with Gasteiger partial charge in [0.1, 0.15) is 11.6 Å². The lowest BCUT2D eigenvalue weighted by Gasteiger charge is -2.25. The summed E-state index contributed by atoms with van der Waals surface area (Å²) in [6.45, 7) is 2.74. The fraction of sp³-hybridized carbons (Fsp3) is 0.364. The Morgan fingerprint density at radius 1 is 1.14 bits per heavy atom. The molecule has 1 aliphatic rings. The predicted molar refractivity (Wildman–Crippen MR) is 106 cm³/mol. The molecule has 1 atom stereocenters. The zero-order valence-corrected chi connectivity index (χ0v) is 16.6. The van der Waals surface area contributed by atoms with Gasteiger partial charge in [0, 0.05) is 26.6 Å². The predicted octanol–water partition coefficient (Wildman–Crippen LogP) is 2.61. The minimum atomic E-state index is -0.369. The highest BCUT2D eigenvalue weighted by Crippen LogP contribution is 2.17. The molecule has 0 aromatic heterocycles. The Hall–Kier alpha value is -2.93. The first-order chi connectivity index (χ1) is 13.9. The maximum atomic E-state index is 13.4. The Morgan fingerprint density at radius 2 is 1.90 bits per heavy atom. The topological polar surface area (TPSA) is 59.1 Å². The molecule has 7 heteroatoms. The number of rotatable bonds is 6. The molecule has 6 nitrogen and oxygen atoms in total. The number of amides is 2. The molecule has 29 heavy (non-hydrogen) atoms. The summed E-state index contributed by atoms with van der Waals surface area (Å²) in [6, 6.07) is 13.7. The van der Waals surface area contributed by atoms with Crippen LogP contribution in [0.15, 0.2) is 48.5 Å². The van der Waals surface area contributed by atoms with Crippen LogP contribution >= 0.6 is 0 Å². The number of hydrogen-bond acceptors (Lipinski definition) is 4. The van der Waals surface area contributed by atoms with E-state index in [1.165, 1.54) is 24.0 Å². The maximum Gasteiger partial charge on any atom is 0.242 e. The minimum absolute atomic E-state index is 0.0192. The second kappa shape index (κ2) is 9.52. The molecule has 2 aromatic carbocycles. The van der Waals surface area contributed by atoms with Crippen molar-refractivity contribution >= 4 is 11.8 Å². The molecule has 0 aliphatic carbocycles. The van der Waals surface area contributed by atoms with Crippen molar-refractivity contribution in [1.82, 2.24) is 9.80 Å². The number of benzene rings is 2. The van der Waals surface area contributed by atoms with Crippen molar-refractivity contribution in [2.24, 2.45) is 0 Å². The molecule has 2 amide bonds. The Balaban J connectivity index is 1.71. The van der Waals surface area contributed by atoms with Gasteiger partial charge in [0.05, 0.1) is 26.4 Å². The van der Waals surface area contributed by atoms with E-state index >= 15 is 0 Å². The third-order valence-corrected chi connectivity index (χ3v) is 4.88. The summed E-state index contributed by atoms with van der Waals surface area (Å²) in [4.78, 5) is 27.8. The highest BCUT2D eigenvalue weighted by Gasteiger charge is 2.29. The Morgan fingerprint density at radius 3 is 2.55 bits per heavy atom. The standard InChI is InChI=1S/C22H25FN2O4/c1-16(26)24-12-21(29-15-18-4-3-5-19(23)10-18)13-25(22(27)14-24)11-17-6-8-20(28-2)9-7-17/h3-10,21H,11-15H2,1-2H3. The quantitative estimate of drug-likeness (QED) is 0.748. The highest BCUT2D eigenvalue weighted by atomic mass is 19.1. The van der Waals surface area contributed by atoms with E-state index in [0.29, 0.717) is 25.2 Å². The van der Waals surface area contributed by atoms with E-state index in [0.717, 1.165) is 11.3 Å². The second-order valence-corrected chi connectivity index (χ2v) is 7.08. The van der Waals surface area contributed by atoms with Gasteiger partial charge in [-0.3, -0.25) is 9.59 Å². The Bertz CT molecular complexity index is 856. The van der Waals surface area contributed by atoms with E-state index in [4.69, 9.17) is 9.47 Å². The molecule has 0 radical (unpaired) electrons. The minimum Gasteiger partial charge on any atom is -0.497 e. The molecule has 1 fully saturated rings. The Kier molecular flexibility index (Phi) is 6.82. The lowest BCUT2D eigenvalue weighted by atomic mass is 10.2. The molecular formula is C22H25FN2O4. The van der Waals surface area contributed by atoms with Crippen molar-refractivity contribution in [1.29, 1.82) is 0 Å². The van der Waals surface area contributed by atoms with Gasteiger partial charge in [-0.2, -0.15) is 0 Å². The van der Waals surface area contributed by atoms with E-state index in [1.807, 2.05) is 24.3 Å². The van der Waals surface area contributed by atoms with Crippen molar-refractivity contribution in [2.45, 2.75) is 26.2 Å². The van der Waals surface area contributed by atoms with Crippen LogP contribution in [0.25, 0.3) is 0 Å². The Labute approximate surface area is 169 Å². The number of methoxy groups -OCH3 is 1. The molecule has 0 N–H and O–H groups in total. The fourth-order valence-electron chi connectivity index (χ4n) is 3.27. The number of hydrogen-bond donors (Lipinski definition) is 0. The van der Waals surface area contributed by atoms with E-state index in [-0.39, 0.29) is 36.9 Å². The van der Waals surface area contributed by atoms with Crippen molar-refractivity contribution in [3.8, 4) is 5.75 Å². The lowest BCUT2D eigenvalue weighted by Crippen LogP contribution is -2.38. The normalized spacial score (nSPS) is 17.2. The molecule has 1 saturated heterocycles. The number of nitrogens with zero attached hydrogens (tertiary/aromatic N) is 2. The van der Waals surface area contributed by atoms with Crippen LogP contribution in [-0.4, -0.2) is 54.5 Å². The van der Waals surface area contributed by atoms with Crippen LogP contribution in [0.4, 0.5) is 4.39 Å². The fourth-order valence-corrected chi connectivity index (χ4v) is 3.27. The molecule has 3 rings (SSSR count). The van der Waals surface area contributed by atoms with Crippen molar-refractivity contribution in [3.63, 3.8) is 0 Å². The second-order valence-electron chi connectivity index (χ2n) is 7.08. The number of carbonyl (C=O) groups excluding carboxylic acids is 2. The zero-order valence-electron chi connectivity index (χ0n) is 16.6. The van der Waals surface area contributed by atoms with Crippen LogP contribution in [0.1, 0.15) is 18.1 Å². The molecule has 2 aromatic rings. The van der Waals surface area contributed by atoms with Crippen LogP contribution < -0.4 is 4.74 Å². The molecule has 1 heterocycles. The molecule has 0 bridgehead atoms. The van der Waals surface area contributed by atoms with Crippen molar-refractivity contribution < 1.29 is 23.5 Å². The molecule has 0 spiro atoms. The summed E-state index contributed by atoms with van der Waals surface area (Å²) >= 11 is 0. The number of halogens is 1. The highest BCUT2D eigenvalue weighted by molar-refractivity contribution is 5.84. The van der Waals surface area contributed by atoms with Gasteiger partial charge in [0.15, 0.2) is 0 Å². The van der Waals surface area contributed by atoms with Gasteiger partial charge in [0.25, 0.3) is 0 Å². The van der Waals surface area contributed by atoms with Gasteiger partial charge in [-0.1, -0.05) is 24.3 Å². The van der Waals surface area contributed by atoms with Crippen LogP contribution in [-0.2, 0) is 27.5 Å². The SMILES string of the molecule is COc1ccc(CN2CC(OCc3cccc(F)c3)CN(C(C)=O)CC2=O)cc1. The van der Waals surface area contributed by atoms with Gasteiger partial charge in [0.2, 0.25) is 11.8 Å². The van der Waals surface area contributed by atoms with Gasteiger partial charge in [-0.15, -0.1) is 0 Å². The first-order valence-corrected chi connectivity index (χ1v) is 9.47. The van der Waals surface area contributed by atoms with Crippen molar-refractivity contribution in [2.75, 3.05) is 26.7 Å².